The number of aromatic nitrogens is 1. The van der Waals surface area contributed by atoms with Gasteiger partial charge in [0.1, 0.15) is 0 Å². The Bertz CT molecular complexity index is 798. The highest BCUT2D eigenvalue weighted by Crippen LogP contribution is 2.37. The summed E-state index contributed by atoms with van der Waals surface area (Å²) in [5.41, 5.74) is 4.18. The van der Waals surface area contributed by atoms with Crippen molar-refractivity contribution in [2.45, 2.75) is 13.0 Å². The Hall–Kier alpha value is -1.13. The van der Waals surface area contributed by atoms with Gasteiger partial charge in [-0.1, -0.05) is 35.3 Å². The number of benzene rings is 1. The van der Waals surface area contributed by atoms with Gasteiger partial charge >= 0.3 is 0 Å². The van der Waals surface area contributed by atoms with Gasteiger partial charge in [-0.3, -0.25) is 4.98 Å². The lowest BCUT2D eigenvalue weighted by Gasteiger charge is -2.17. The van der Waals surface area contributed by atoms with Crippen LogP contribution in [0.25, 0.3) is 10.9 Å². The fourth-order valence-electron chi connectivity index (χ4n) is 2.48. The number of fused-ring (bicyclic) bond motifs is 1. The van der Waals surface area contributed by atoms with Crippen LogP contribution in [0.15, 0.2) is 36.4 Å². The van der Waals surface area contributed by atoms with E-state index in [-0.39, 0.29) is 6.04 Å². The third-order valence-electron chi connectivity index (χ3n) is 3.47. The van der Waals surface area contributed by atoms with E-state index < -0.39 is 0 Å². The van der Waals surface area contributed by atoms with E-state index in [2.05, 4.69) is 28.5 Å². The van der Waals surface area contributed by atoms with Crippen molar-refractivity contribution >= 4 is 45.4 Å². The van der Waals surface area contributed by atoms with Crippen LogP contribution < -0.4 is 5.32 Å². The van der Waals surface area contributed by atoms with Crippen molar-refractivity contribution in [3.8, 4) is 0 Å². The first-order valence-electron chi connectivity index (χ1n) is 6.58. The number of hydrogen-bond acceptors (Lipinski definition) is 3. The van der Waals surface area contributed by atoms with E-state index in [1.54, 1.807) is 0 Å². The first kappa shape index (κ1) is 14.8. The Morgan fingerprint density at radius 1 is 1.14 bits per heavy atom. The summed E-state index contributed by atoms with van der Waals surface area (Å²) in [6, 6.07) is 12.3. The summed E-state index contributed by atoms with van der Waals surface area (Å²) < 4.78 is 1.43. The maximum atomic E-state index is 6.29. The van der Waals surface area contributed by atoms with Crippen LogP contribution in [0.3, 0.4) is 0 Å². The first-order valence-corrected chi connectivity index (χ1v) is 8.15. The molecular formula is C16H14Cl2N2S. The molecule has 2 heterocycles. The van der Waals surface area contributed by atoms with Crippen LogP contribution in [0.4, 0.5) is 0 Å². The zero-order valence-electron chi connectivity index (χ0n) is 11.7. The second kappa shape index (κ2) is 5.93. The van der Waals surface area contributed by atoms with E-state index in [1.807, 2.05) is 32.2 Å². The molecule has 0 radical (unpaired) electrons. The van der Waals surface area contributed by atoms with E-state index in [0.717, 1.165) is 32.1 Å². The lowest BCUT2D eigenvalue weighted by Crippen LogP contribution is -2.17. The fraction of sp³-hybridized carbons (Fsp3) is 0.188. The molecular weight excluding hydrogens is 323 g/mol. The Morgan fingerprint density at radius 3 is 2.62 bits per heavy atom. The molecule has 1 aromatic carbocycles. The van der Waals surface area contributed by atoms with E-state index >= 15 is 0 Å². The highest BCUT2D eigenvalue weighted by Gasteiger charge is 2.18. The number of hydrogen-bond donors (Lipinski definition) is 1. The summed E-state index contributed by atoms with van der Waals surface area (Å²) in [7, 11) is 1.92. The molecule has 1 unspecified atom stereocenters. The van der Waals surface area contributed by atoms with Crippen molar-refractivity contribution in [3.63, 3.8) is 0 Å². The number of rotatable bonds is 3. The third-order valence-corrected chi connectivity index (χ3v) is 4.99. The van der Waals surface area contributed by atoms with Crippen LogP contribution in [0, 0.1) is 6.92 Å². The molecule has 0 saturated heterocycles. The van der Waals surface area contributed by atoms with Crippen LogP contribution in [-0.2, 0) is 0 Å². The predicted molar refractivity (Wildman–Crippen MR) is 91.7 cm³/mol. The minimum Gasteiger partial charge on any atom is -0.309 e. The molecule has 1 N–H and O–H groups in total. The lowest BCUT2D eigenvalue weighted by molar-refractivity contribution is 0.695. The molecule has 1 atom stereocenters. The summed E-state index contributed by atoms with van der Waals surface area (Å²) in [5, 5.41) is 4.43. The maximum Gasteiger partial charge on any atom is 0.0995 e. The number of aryl methyl sites for hydroxylation is 1. The standard InChI is InChI=1S/C16H14Cl2N2S/c1-9-3-4-10-7-11(5-6-13(10)20-9)15(19-2)12-8-14(17)21-16(12)18/h3-8,15,19H,1-2H3. The molecule has 2 aromatic heterocycles. The Balaban J connectivity index is 2.08. The second-order valence-corrected chi connectivity index (χ2v) is 7.19. The van der Waals surface area contributed by atoms with E-state index in [1.165, 1.54) is 11.3 Å². The van der Waals surface area contributed by atoms with Gasteiger partial charge in [0.15, 0.2) is 0 Å². The molecule has 0 aliphatic heterocycles. The molecule has 0 fully saturated rings. The monoisotopic (exact) mass is 336 g/mol. The summed E-state index contributed by atoms with van der Waals surface area (Å²) in [4.78, 5) is 4.53. The molecule has 0 bridgehead atoms. The van der Waals surface area contributed by atoms with Crippen LogP contribution in [-0.4, -0.2) is 12.0 Å². The zero-order valence-corrected chi connectivity index (χ0v) is 14.0. The molecule has 5 heteroatoms. The average Bonchev–Trinajstić information content (AvgIpc) is 2.79. The maximum absolute atomic E-state index is 6.29. The molecule has 108 valence electrons. The van der Waals surface area contributed by atoms with Crippen LogP contribution >= 0.6 is 34.5 Å². The van der Waals surface area contributed by atoms with Gasteiger partial charge in [-0.25, -0.2) is 0 Å². The van der Waals surface area contributed by atoms with Gasteiger partial charge in [-0.2, -0.15) is 0 Å². The zero-order chi connectivity index (χ0) is 15.0. The van der Waals surface area contributed by atoms with Crippen molar-refractivity contribution in [2.24, 2.45) is 0 Å². The molecule has 0 saturated carbocycles. The Morgan fingerprint density at radius 2 is 1.95 bits per heavy atom. The quantitative estimate of drug-likeness (QED) is 0.709. The molecule has 0 aliphatic rings. The van der Waals surface area contributed by atoms with Gasteiger partial charge in [-0.05, 0) is 43.8 Å². The molecule has 3 rings (SSSR count). The topological polar surface area (TPSA) is 24.9 Å². The van der Waals surface area contributed by atoms with Crippen molar-refractivity contribution in [3.05, 3.63) is 61.9 Å². The van der Waals surface area contributed by atoms with E-state index in [4.69, 9.17) is 23.2 Å². The van der Waals surface area contributed by atoms with Crippen LogP contribution in [0.5, 0.6) is 0 Å². The van der Waals surface area contributed by atoms with Gasteiger partial charge < -0.3 is 5.32 Å². The van der Waals surface area contributed by atoms with Gasteiger partial charge in [0.2, 0.25) is 0 Å². The molecule has 0 aliphatic carbocycles. The van der Waals surface area contributed by atoms with Crippen molar-refractivity contribution < 1.29 is 0 Å². The lowest BCUT2D eigenvalue weighted by atomic mass is 9.99. The molecule has 3 aromatic rings. The normalized spacial score (nSPS) is 12.8. The van der Waals surface area contributed by atoms with Crippen molar-refractivity contribution in [2.75, 3.05) is 7.05 Å². The number of thiophene rings is 1. The van der Waals surface area contributed by atoms with Gasteiger partial charge in [0, 0.05) is 16.6 Å². The van der Waals surface area contributed by atoms with Gasteiger partial charge in [0.05, 0.1) is 20.2 Å². The minimum atomic E-state index is 0.0203. The summed E-state index contributed by atoms with van der Waals surface area (Å²) in [6.45, 7) is 2.00. The highest BCUT2D eigenvalue weighted by molar-refractivity contribution is 7.20. The van der Waals surface area contributed by atoms with Crippen LogP contribution in [0.1, 0.15) is 22.9 Å². The molecule has 0 amide bonds. The fourth-order valence-corrected chi connectivity index (χ4v) is 4.01. The smallest absolute Gasteiger partial charge is 0.0995 e. The number of nitrogens with one attached hydrogen (secondary N) is 1. The number of halogens is 2. The summed E-state index contributed by atoms with van der Waals surface area (Å²) >= 11 is 13.7. The van der Waals surface area contributed by atoms with Gasteiger partial charge in [0.25, 0.3) is 0 Å². The third kappa shape index (κ3) is 2.92. The van der Waals surface area contributed by atoms with Gasteiger partial charge in [-0.15, -0.1) is 11.3 Å². The largest absolute Gasteiger partial charge is 0.309 e. The van der Waals surface area contributed by atoms with Crippen molar-refractivity contribution in [1.82, 2.24) is 10.3 Å². The molecule has 2 nitrogen and oxygen atoms in total. The van der Waals surface area contributed by atoms with Crippen LogP contribution in [0.2, 0.25) is 8.67 Å². The number of nitrogens with zero attached hydrogens (tertiary/aromatic N) is 1. The number of pyridine rings is 1. The summed E-state index contributed by atoms with van der Waals surface area (Å²) in [6.07, 6.45) is 0. The summed E-state index contributed by atoms with van der Waals surface area (Å²) in [5.74, 6) is 0. The van der Waals surface area contributed by atoms with E-state index in [9.17, 15) is 0 Å². The minimum absolute atomic E-state index is 0.0203. The predicted octanol–water partition coefficient (Wildman–Crippen LogP) is 5.22. The Kier molecular flexibility index (Phi) is 4.18. The Labute approximate surface area is 137 Å². The molecule has 0 spiro atoms. The van der Waals surface area contributed by atoms with Crippen molar-refractivity contribution in [1.29, 1.82) is 0 Å². The first-order chi connectivity index (χ1) is 10.1. The highest BCUT2D eigenvalue weighted by atomic mass is 35.5. The second-order valence-electron chi connectivity index (χ2n) is 4.91. The molecule has 21 heavy (non-hydrogen) atoms. The van der Waals surface area contributed by atoms with E-state index in [0.29, 0.717) is 4.34 Å². The SMILES string of the molecule is CNC(c1ccc2nc(C)ccc2c1)c1cc(Cl)sc1Cl. The average molecular weight is 337 g/mol.